The Morgan fingerprint density at radius 2 is 1.59 bits per heavy atom. The molecule has 32 heavy (non-hydrogen) atoms. The summed E-state index contributed by atoms with van der Waals surface area (Å²) in [5.41, 5.74) is 6.08. The number of aryl methyl sites for hydroxylation is 1. The number of aliphatic imine (C=N–C) groups is 1. The lowest BCUT2D eigenvalue weighted by Gasteiger charge is -2.31. The van der Waals surface area contributed by atoms with E-state index in [1.807, 2.05) is 36.4 Å². The van der Waals surface area contributed by atoms with Crippen molar-refractivity contribution < 1.29 is 4.79 Å². The molecule has 0 unspecified atom stereocenters. The lowest BCUT2D eigenvalue weighted by atomic mass is 9.99. The van der Waals surface area contributed by atoms with Crippen LogP contribution in [-0.2, 0) is 11.2 Å². The van der Waals surface area contributed by atoms with E-state index in [1.54, 1.807) is 0 Å². The van der Waals surface area contributed by atoms with Gasteiger partial charge in [-0.1, -0.05) is 72.8 Å². The number of anilines is 2. The number of carbonyl (C=O) groups excluding carboxylic acids is 1. The van der Waals surface area contributed by atoms with Crippen molar-refractivity contribution in [2.45, 2.75) is 18.9 Å². The highest BCUT2D eigenvalue weighted by atomic mass is 16.2. The number of amides is 1. The predicted molar refractivity (Wildman–Crippen MR) is 131 cm³/mol. The first-order valence-corrected chi connectivity index (χ1v) is 11.4. The molecule has 162 valence electrons. The molecule has 0 spiro atoms. The molecule has 0 aliphatic carbocycles. The molecule has 0 saturated carbocycles. The second-order valence-electron chi connectivity index (χ2n) is 8.31. The Morgan fingerprint density at radius 1 is 0.875 bits per heavy atom. The van der Waals surface area contributed by atoms with Crippen LogP contribution in [-0.4, -0.2) is 43.8 Å². The molecule has 0 radical (unpaired) electrons. The van der Waals surface area contributed by atoms with E-state index in [2.05, 4.69) is 58.0 Å². The molecule has 3 aromatic carbocycles. The number of rotatable bonds is 5. The summed E-state index contributed by atoms with van der Waals surface area (Å²) in [6.45, 7) is 3.72. The number of hydrogen-bond donors (Lipinski definition) is 2. The highest BCUT2D eigenvalue weighted by Gasteiger charge is 2.28. The molecule has 2 aliphatic heterocycles. The first kappa shape index (κ1) is 20.5. The van der Waals surface area contributed by atoms with Crippen LogP contribution in [0.2, 0.25) is 0 Å². The summed E-state index contributed by atoms with van der Waals surface area (Å²) < 4.78 is 0. The third-order valence-electron chi connectivity index (χ3n) is 6.19. The first-order valence-electron chi connectivity index (χ1n) is 11.4. The molecule has 3 aromatic rings. The molecule has 5 heteroatoms. The average Bonchev–Trinajstić information content (AvgIpc) is 3.00. The van der Waals surface area contributed by atoms with Crippen LogP contribution in [0.1, 0.15) is 23.1 Å². The zero-order valence-corrected chi connectivity index (χ0v) is 18.1. The molecule has 0 bridgehead atoms. The van der Waals surface area contributed by atoms with Crippen LogP contribution in [0.4, 0.5) is 11.4 Å². The Balaban J connectivity index is 1.54. The van der Waals surface area contributed by atoms with Gasteiger partial charge in [-0.2, -0.15) is 0 Å². The van der Waals surface area contributed by atoms with Gasteiger partial charge in [0, 0.05) is 37.3 Å². The van der Waals surface area contributed by atoms with Crippen molar-refractivity contribution in [1.29, 1.82) is 0 Å². The average molecular weight is 425 g/mol. The zero-order valence-electron chi connectivity index (χ0n) is 18.1. The van der Waals surface area contributed by atoms with Crippen molar-refractivity contribution >= 4 is 23.0 Å². The number of piperazine rings is 1. The fourth-order valence-electron chi connectivity index (χ4n) is 4.50. The highest BCUT2D eigenvalue weighted by molar-refractivity contribution is 6.21. The van der Waals surface area contributed by atoms with Crippen molar-refractivity contribution in [2.24, 2.45) is 4.99 Å². The van der Waals surface area contributed by atoms with Crippen molar-refractivity contribution in [2.75, 3.05) is 36.4 Å². The highest BCUT2D eigenvalue weighted by Crippen LogP contribution is 2.34. The Morgan fingerprint density at radius 3 is 2.34 bits per heavy atom. The number of benzodiazepines with no additional fused rings is 1. The van der Waals surface area contributed by atoms with Crippen LogP contribution in [0.15, 0.2) is 83.9 Å². The molecule has 5 rings (SSSR count). The molecular formula is C27H28N4O. The summed E-state index contributed by atoms with van der Waals surface area (Å²) in [5, 5.41) is 6.67. The van der Waals surface area contributed by atoms with E-state index in [9.17, 15) is 4.79 Å². The first-order chi connectivity index (χ1) is 15.8. The Bertz CT molecular complexity index is 1110. The van der Waals surface area contributed by atoms with Gasteiger partial charge >= 0.3 is 0 Å². The van der Waals surface area contributed by atoms with Gasteiger partial charge in [-0.3, -0.25) is 9.79 Å². The number of nitrogens with one attached hydrogen (secondary N) is 2. The largest absolute Gasteiger partial charge is 0.367 e. The molecule has 1 saturated heterocycles. The van der Waals surface area contributed by atoms with E-state index in [1.165, 1.54) is 5.56 Å². The number of benzene rings is 3. The lowest BCUT2D eigenvalue weighted by Crippen LogP contribution is -2.44. The predicted octanol–water partition coefficient (Wildman–Crippen LogP) is 3.89. The van der Waals surface area contributed by atoms with Gasteiger partial charge < -0.3 is 15.5 Å². The van der Waals surface area contributed by atoms with Gasteiger partial charge in [0.1, 0.15) is 6.04 Å². The number of carbonyl (C=O) groups is 1. The van der Waals surface area contributed by atoms with E-state index in [4.69, 9.17) is 4.99 Å². The van der Waals surface area contributed by atoms with E-state index >= 15 is 0 Å². The van der Waals surface area contributed by atoms with Crippen LogP contribution in [0.3, 0.4) is 0 Å². The molecule has 1 fully saturated rings. The second kappa shape index (κ2) is 9.37. The van der Waals surface area contributed by atoms with Crippen molar-refractivity contribution in [3.05, 3.63) is 95.6 Å². The minimum atomic E-state index is -0.436. The maximum atomic E-state index is 13.4. The molecule has 2 heterocycles. The summed E-state index contributed by atoms with van der Waals surface area (Å²) in [4.78, 5) is 20.8. The van der Waals surface area contributed by atoms with Gasteiger partial charge in [-0.15, -0.1) is 0 Å². The van der Waals surface area contributed by atoms with E-state index in [0.29, 0.717) is 6.42 Å². The summed E-state index contributed by atoms with van der Waals surface area (Å²) in [6, 6.07) is 26.3. The van der Waals surface area contributed by atoms with Gasteiger partial charge in [0.15, 0.2) is 0 Å². The van der Waals surface area contributed by atoms with Crippen LogP contribution in [0.25, 0.3) is 0 Å². The fourth-order valence-corrected chi connectivity index (χ4v) is 4.50. The maximum Gasteiger partial charge on any atom is 0.249 e. The molecule has 1 atom stereocenters. The van der Waals surface area contributed by atoms with Crippen LogP contribution in [0.5, 0.6) is 0 Å². The Kier molecular flexibility index (Phi) is 5.99. The molecular weight excluding hydrogens is 396 g/mol. The zero-order chi connectivity index (χ0) is 21.8. The van der Waals surface area contributed by atoms with Gasteiger partial charge in [0.25, 0.3) is 0 Å². The minimum absolute atomic E-state index is 0.0318. The molecule has 1 amide bonds. The van der Waals surface area contributed by atoms with Gasteiger partial charge in [-0.05, 0) is 24.5 Å². The number of hydrogen-bond acceptors (Lipinski definition) is 4. The van der Waals surface area contributed by atoms with E-state index in [-0.39, 0.29) is 5.91 Å². The Labute approximate surface area is 189 Å². The van der Waals surface area contributed by atoms with Crippen molar-refractivity contribution in [1.82, 2.24) is 5.32 Å². The topological polar surface area (TPSA) is 56.7 Å². The number of para-hydroxylation sites is 1. The lowest BCUT2D eigenvalue weighted by molar-refractivity contribution is -0.117. The smallest absolute Gasteiger partial charge is 0.249 e. The third-order valence-corrected chi connectivity index (χ3v) is 6.19. The summed E-state index contributed by atoms with van der Waals surface area (Å²) >= 11 is 0. The summed E-state index contributed by atoms with van der Waals surface area (Å²) in [6.07, 6.45) is 1.48. The Hall–Kier alpha value is -3.44. The van der Waals surface area contributed by atoms with Gasteiger partial charge in [-0.25, -0.2) is 0 Å². The van der Waals surface area contributed by atoms with Crippen molar-refractivity contribution in [3.63, 3.8) is 0 Å². The van der Waals surface area contributed by atoms with Crippen LogP contribution < -0.4 is 15.5 Å². The number of fused-ring (bicyclic) bond motifs is 1. The summed E-state index contributed by atoms with van der Waals surface area (Å²) in [7, 11) is 0. The van der Waals surface area contributed by atoms with Crippen LogP contribution >= 0.6 is 0 Å². The fraction of sp³-hybridized carbons (Fsp3) is 0.259. The van der Waals surface area contributed by atoms with E-state index in [0.717, 1.165) is 60.8 Å². The minimum Gasteiger partial charge on any atom is -0.367 e. The second-order valence-corrected chi connectivity index (χ2v) is 8.31. The molecule has 5 nitrogen and oxygen atoms in total. The summed E-state index contributed by atoms with van der Waals surface area (Å²) in [5.74, 6) is -0.0318. The SMILES string of the molecule is O=C1Nc2c(cccc2N2CCNCC2)C(c2ccccc2)=N[C@H]1CCc1ccccc1. The third kappa shape index (κ3) is 4.30. The monoisotopic (exact) mass is 424 g/mol. The standard InChI is InChI=1S/C27H28N4O/c32-27-23(15-14-20-8-3-1-4-9-20)29-25(21-10-5-2-6-11-21)22-12-7-13-24(26(22)30-27)31-18-16-28-17-19-31/h1-13,23,28H,14-19H2,(H,30,32)/t23-/m0/s1. The quantitative estimate of drug-likeness (QED) is 0.653. The number of nitrogens with zero attached hydrogens (tertiary/aromatic N) is 2. The normalized spacial score (nSPS) is 18.4. The maximum absolute atomic E-state index is 13.4. The molecule has 2 aliphatic rings. The van der Waals surface area contributed by atoms with Gasteiger partial charge in [0.05, 0.1) is 17.1 Å². The van der Waals surface area contributed by atoms with Crippen molar-refractivity contribution in [3.8, 4) is 0 Å². The van der Waals surface area contributed by atoms with E-state index < -0.39 is 6.04 Å². The van der Waals surface area contributed by atoms with Crippen LogP contribution in [0, 0.1) is 0 Å². The molecule has 0 aromatic heterocycles. The molecule has 2 N–H and O–H groups in total. The van der Waals surface area contributed by atoms with Gasteiger partial charge in [0.2, 0.25) is 5.91 Å².